The van der Waals surface area contributed by atoms with Crippen molar-refractivity contribution in [2.24, 2.45) is 0 Å². The number of benzene rings is 3. The molecule has 4 aromatic rings. The van der Waals surface area contributed by atoms with Gasteiger partial charge in [0.1, 0.15) is 23.8 Å². The van der Waals surface area contributed by atoms with E-state index in [4.69, 9.17) is 23.4 Å². The Hall–Kier alpha value is -5.22. The van der Waals surface area contributed by atoms with E-state index >= 15 is 0 Å². The molecule has 42 heavy (non-hydrogen) atoms. The third kappa shape index (κ3) is 6.39. The topological polar surface area (TPSA) is 130 Å². The molecule has 1 aliphatic rings. The van der Waals surface area contributed by atoms with Crippen molar-refractivity contribution >= 4 is 28.9 Å². The van der Waals surface area contributed by atoms with E-state index in [0.29, 0.717) is 24.2 Å². The van der Waals surface area contributed by atoms with Gasteiger partial charge in [0.05, 0.1) is 5.56 Å². The Morgan fingerprint density at radius 3 is 2.29 bits per heavy atom. The number of nitrogens with one attached hydrogen (secondary N) is 1. The number of hydrogen-bond acceptors (Lipinski definition) is 10. The summed E-state index contributed by atoms with van der Waals surface area (Å²) in [5.41, 5.74) is 0.0876. The largest absolute Gasteiger partial charge is 0.486 e. The van der Waals surface area contributed by atoms with Crippen LogP contribution in [0.4, 0.5) is 0 Å². The minimum Gasteiger partial charge on any atom is -0.486 e. The van der Waals surface area contributed by atoms with Crippen LogP contribution in [0.3, 0.4) is 0 Å². The fraction of sp³-hybridized carbons (Fsp3) is 0.188. The highest BCUT2D eigenvalue weighted by Gasteiger charge is 2.27. The number of ether oxygens (including phenoxy) is 4. The van der Waals surface area contributed by atoms with Gasteiger partial charge in [0.2, 0.25) is 11.2 Å². The first kappa shape index (κ1) is 28.3. The second-order valence-corrected chi connectivity index (χ2v) is 9.31. The van der Waals surface area contributed by atoms with Crippen molar-refractivity contribution in [2.45, 2.75) is 19.4 Å². The zero-order valence-corrected chi connectivity index (χ0v) is 22.7. The predicted molar refractivity (Wildman–Crippen MR) is 153 cm³/mol. The molecule has 0 radical (unpaired) electrons. The van der Waals surface area contributed by atoms with Crippen molar-refractivity contribution in [3.63, 3.8) is 0 Å². The number of rotatable bonds is 10. The minimum atomic E-state index is -0.950. The number of fused-ring (bicyclic) bond motifs is 1. The van der Waals surface area contributed by atoms with E-state index in [1.165, 1.54) is 12.1 Å². The molecule has 3 aromatic carbocycles. The molecule has 1 unspecified atom stereocenters. The quantitative estimate of drug-likeness (QED) is 0.166. The van der Waals surface area contributed by atoms with Gasteiger partial charge in [-0.3, -0.25) is 4.79 Å². The molecular weight excluding hydrogens is 542 g/mol. The second kappa shape index (κ2) is 13.0. The fourth-order valence-corrected chi connectivity index (χ4v) is 4.26. The van der Waals surface area contributed by atoms with Crippen LogP contribution in [-0.4, -0.2) is 43.7 Å². The SMILES string of the molecule is CCCNCC(COc1ccc2c3c(=O)c(c(-c4ccccc4)oc13)OC(=O)/C=C\C(=O)O2)OC(=O)c1ccccc1. The van der Waals surface area contributed by atoms with Crippen LogP contribution in [-0.2, 0) is 14.3 Å². The van der Waals surface area contributed by atoms with Crippen molar-refractivity contribution in [1.82, 2.24) is 5.32 Å². The third-order valence-corrected chi connectivity index (χ3v) is 6.24. The molecule has 0 amide bonds. The van der Waals surface area contributed by atoms with E-state index in [1.807, 2.05) is 6.92 Å². The Morgan fingerprint density at radius 2 is 1.57 bits per heavy atom. The van der Waals surface area contributed by atoms with Crippen molar-refractivity contribution in [3.05, 3.63) is 101 Å². The van der Waals surface area contributed by atoms with E-state index in [0.717, 1.165) is 18.6 Å². The molecule has 0 saturated carbocycles. The summed E-state index contributed by atoms with van der Waals surface area (Å²) in [6, 6.07) is 20.1. The molecular formula is C32H27NO9. The van der Waals surface area contributed by atoms with Crippen LogP contribution in [0.25, 0.3) is 22.3 Å². The lowest BCUT2D eigenvalue weighted by molar-refractivity contribution is -0.131. The average Bonchev–Trinajstić information content (AvgIpc) is 3.01. The number of hydrogen-bond donors (Lipinski definition) is 1. The van der Waals surface area contributed by atoms with Crippen LogP contribution in [0.15, 0.2) is 94.2 Å². The average molecular weight is 570 g/mol. The summed E-state index contributed by atoms with van der Waals surface area (Å²) in [6.45, 7) is 2.94. The Bertz CT molecular complexity index is 1690. The molecule has 2 bridgehead atoms. The van der Waals surface area contributed by atoms with Crippen LogP contribution in [0.2, 0.25) is 0 Å². The highest BCUT2D eigenvalue weighted by molar-refractivity contribution is 5.99. The third-order valence-electron chi connectivity index (χ3n) is 6.24. The molecule has 0 aliphatic carbocycles. The molecule has 1 N–H and O–H groups in total. The van der Waals surface area contributed by atoms with Crippen molar-refractivity contribution in [2.75, 3.05) is 19.7 Å². The first-order chi connectivity index (χ1) is 20.4. The van der Waals surface area contributed by atoms with Gasteiger partial charge in [-0.25, -0.2) is 14.4 Å². The molecule has 1 atom stereocenters. The van der Waals surface area contributed by atoms with E-state index in [2.05, 4.69) is 5.32 Å². The molecule has 214 valence electrons. The Kier molecular flexibility index (Phi) is 8.74. The van der Waals surface area contributed by atoms with Crippen LogP contribution in [0, 0.1) is 0 Å². The van der Waals surface area contributed by atoms with Gasteiger partial charge in [0.15, 0.2) is 17.1 Å². The van der Waals surface area contributed by atoms with E-state index in [9.17, 15) is 19.2 Å². The molecule has 10 nitrogen and oxygen atoms in total. The molecule has 10 heteroatoms. The lowest BCUT2D eigenvalue weighted by atomic mass is 10.1. The fourth-order valence-electron chi connectivity index (χ4n) is 4.26. The minimum absolute atomic E-state index is 0.0135. The highest BCUT2D eigenvalue weighted by atomic mass is 16.6. The Balaban J connectivity index is 1.55. The summed E-state index contributed by atoms with van der Waals surface area (Å²) in [4.78, 5) is 51.2. The van der Waals surface area contributed by atoms with Gasteiger partial charge < -0.3 is 28.7 Å². The van der Waals surface area contributed by atoms with Crippen LogP contribution in [0.5, 0.6) is 17.2 Å². The zero-order valence-electron chi connectivity index (χ0n) is 22.7. The summed E-state index contributed by atoms with van der Waals surface area (Å²) < 4.78 is 28.7. The van der Waals surface area contributed by atoms with Gasteiger partial charge in [-0.15, -0.1) is 0 Å². The summed E-state index contributed by atoms with van der Waals surface area (Å²) >= 11 is 0. The summed E-state index contributed by atoms with van der Waals surface area (Å²) in [6.07, 6.45) is 1.95. The van der Waals surface area contributed by atoms with Crippen LogP contribution < -0.4 is 25.0 Å². The molecule has 0 saturated heterocycles. The molecule has 2 heterocycles. The van der Waals surface area contributed by atoms with Gasteiger partial charge in [-0.05, 0) is 37.2 Å². The van der Waals surface area contributed by atoms with Gasteiger partial charge in [0, 0.05) is 24.3 Å². The molecule has 0 fully saturated rings. The van der Waals surface area contributed by atoms with Gasteiger partial charge in [-0.2, -0.15) is 0 Å². The number of carbonyl (C=O) groups excluding carboxylic acids is 3. The maximum atomic E-state index is 13.8. The first-order valence-electron chi connectivity index (χ1n) is 13.3. The maximum Gasteiger partial charge on any atom is 0.338 e. The normalized spacial score (nSPS) is 14.1. The van der Waals surface area contributed by atoms with Gasteiger partial charge in [0.25, 0.3) is 0 Å². The van der Waals surface area contributed by atoms with Gasteiger partial charge in [-0.1, -0.05) is 55.5 Å². The van der Waals surface area contributed by atoms with Crippen molar-refractivity contribution < 1.29 is 37.7 Å². The summed E-state index contributed by atoms with van der Waals surface area (Å²) in [5.74, 6) is -2.70. The maximum absolute atomic E-state index is 13.8. The second-order valence-electron chi connectivity index (χ2n) is 9.31. The van der Waals surface area contributed by atoms with Crippen molar-refractivity contribution in [3.8, 4) is 28.6 Å². The molecule has 1 aliphatic heterocycles. The number of esters is 3. The van der Waals surface area contributed by atoms with Gasteiger partial charge >= 0.3 is 17.9 Å². The van der Waals surface area contributed by atoms with E-state index in [-0.39, 0.29) is 40.6 Å². The lowest BCUT2D eigenvalue weighted by Crippen LogP contribution is -2.36. The predicted octanol–water partition coefficient (Wildman–Crippen LogP) is 4.44. The highest BCUT2D eigenvalue weighted by Crippen LogP contribution is 2.38. The first-order valence-corrected chi connectivity index (χ1v) is 13.3. The number of carbonyl (C=O) groups is 3. The Morgan fingerprint density at radius 1 is 0.881 bits per heavy atom. The molecule has 5 rings (SSSR count). The molecule has 1 aromatic heterocycles. The van der Waals surface area contributed by atoms with E-state index in [1.54, 1.807) is 60.7 Å². The van der Waals surface area contributed by atoms with E-state index < -0.39 is 29.4 Å². The summed E-state index contributed by atoms with van der Waals surface area (Å²) in [7, 11) is 0. The van der Waals surface area contributed by atoms with Crippen molar-refractivity contribution in [1.29, 1.82) is 0 Å². The molecule has 0 spiro atoms. The summed E-state index contributed by atoms with van der Waals surface area (Å²) in [5, 5.41) is 3.07. The Labute approximate surface area is 240 Å². The smallest absolute Gasteiger partial charge is 0.338 e. The zero-order chi connectivity index (χ0) is 29.5. The lowest BCUT2D eigenvalue weighted by Gasteiger charge is -2.20. The van der Waals surface area contributed by atoms with Crippen LogP contribution >= 0.6 is 0 Å². The van der Waals surface area contributed by atoms with Crippen LogP contribution in [0.1, 0.15) is 23.7 Å². The standard InChI is InChI=1S/C32H27NO9/c1-2-17-33-18-22(39-32(37)21-11-7-4-8-12-21)19-38-24-14-13-23-27-28(36)31(41-26(35)16-15-25(34)40-23)29(42-30(24)27)20-9-5-3-6-10-20/h3-16,22,33H,2,17-19H2,1H3/b16-15-. The monoisotopic (exact) mass is 569 g/mol.